The van der Waals surface area contributed by atoms with E-state index in [1.54, 1.807) is 12.4 Å². The summed E-state index contributed by atoms with van der Waals surface area (Å²) in [6, 6.07) is 22.0. The second-order valence-corrected chi connectivity index (χ2v) is 8.39. The number of rotatable bonds is 5. The van der Waals surface area contributed by atoms with Gasteiger partial charge in [-0.3, -0.25) is 14.7 Å². The molecule has 0 aliphatic carbocycles. The van der Waals surface area contributed by atoms with Crippen molar-refractivity contribution in [3.05, 3.63) is 102 Å². The number of pyridine rings is 2. The van der Waals surface area contributed by atoms with E-state index in [9.17, 15) is 4.79 Å². The van der Waals surface area contributed by atoms with Crippen LogP contribution >= 0.6 is 0 Å². The van der Waals surface area contributed by atoms with Crippen molar-refractivity contribution >= 4 is 22.5 Å². The van der Waals surface area contributed by atoms with Crippen LogP contribution in [0.2, 0.25) is 0 Å². The Kier molecular flexibility index (Phi) is 6.11. The molecule has 0 spiro atoms. The van der Waals surface area contributed by atoms with Gasteiger partial charge in [0.25, 0.3) is 5.91 Å². The molecule has 5 rings (SSSR count). The molecule has 2 N–H and O–H groups in total. The monoisotopic (exact) mass is 437 g/mol. The first-order chi connectivity index (χ1) is 16.2. The number of nitrogens with one attached hydrogen (secondary N) is 2. The lowest BCUT2D eigenvalue weighted by Gasteiger charge is -2.35. The van der Waals surface area contributed by atoms with Gasteiger partial charge in [-0.15, -0.1) is 0 Å². The van der Waals surface area contributed by atoms with E-state index < -0.39 is 0 Å². The number of aromatic nitrogens is 2. The molecule has 1 saturated heterocycles. The Labute approximate surface area is 193 Å². The zero-order chi connectivity index (χ0) is 22.6. The molecule has 1 atom stereocenters. The maximum absolute atomic E-state index is 13.0. The Balaban J connectivity index is 1.46. The average Bonchev–Trinajstić information content (AvgIpc) is 2.87. The maximum atomic E-state index is 13.0. The molecule has 0 radical (unpaired) electrons. The normalized spacial score (nSPS) is 15.3. The van der Waals surface area contributed by atoms with Crippen molar-refractivity contribution in [2.45, 2.75) is 13.0 Å². The summed E-state index contributed by atoms with van der Waals surface area (Å²) in [6.45, 7) is 5.89. The molecule has 3 heterocycles. The van der Waals surface area contributed by atoms with Gasteiger partial charge in [0.05, 0.1) is 11.7 Å². The summed E-state index contributed by atoms with van der Waals surface area (Å²) in [7, 11) is 0. The fourth-order valence-corrected chi connectivity index (χ4v) is 4.42. The summed E-state index contributed by atoms with van der Waals surface area (Å²) in [6.07, 6.45) is 3.53. The van der Waals surface area contributed by atoms with Crippen LogP contribution in [0.1, 0.15) is 33.2 Å². The fraction of sp³-hybridized carbons (Fsp3) is 0.222. The highest BCUT2D eigenvalue weighted by Crippen LogP contribution is 2.31. The Bertz CT molecular complexity index is 1270. The zero-order valence-corrected chi connectivity index (χ0v) is 18.7. The number of anilines is 1. The number of piperazine rings is 1. The minimum absolute atomic E-state index is 0.0401. The van der Waals surface area contributed by atoms with Crippen molar-refractivity contribution in [1.82, 2.24) is 20.2 Å². The standard InChI is InChI=1S/C27H27N5O/c1-19-7-10-24(31-27(33)22-8-9-23-18-29-12-11-21(23)17-22)30-25(19)26(20-5-3-2-4-6-20)32-15-13-28-14-16-32/h2-12,17-18,26,28H,13-16H2,1H3,(H,30,31,33). The largest absolute Gasteiger partial charge is 0.314 e. The van der Waals surface area contributed by atoms with Crippen molar-refractivity contribution in [3.8, 4) is 0 Å². The minimum Gasteiger partial charge on any atom is -0.314 e. The van der Waals surface area contributed by atoms with E-state index in [0.29, 0.717) is 11.4 Å². The predicted molar refractivity (Wildman–Crippen MR) is 131 cm³/mol. The Morgan fingerprint density at radius 2 is 1.82 bits per heavy atom. The SMILES string of the molecule is Cc1ccc(NC(=O)c2ccc3cnccc3c2)nc1C(c1ccccc1)N1CCNCC1. The molecule has 33 heavy (non-hydrogen) atoms. The van der Waals surface area contributed by atoms with E-state index in [1.165, 1.54) is 5.56 Å². The predicted octanol–water partition coefficient (Wildman–Crippen LogP) is 4.19. The van der Waals surface area contributed by atoms with Crippen LogP contribution in [0, 0.1) is 6.92 Å². The van der Waals surface area contributed by atoms with Crippen LogP contribution in [0.15, 0.2) is 79.1 Å². The molecule has 1 amide bonds. The Morgan fingerprint density at radius 3 is 2.64 bits per heavy atom. The van der Waals surface area contributed by atoms with Gasteiger partial charge in [-0.05, 0) is 47.7 Å². The van der Waals surface area contributed by atoms with Crippen LogP contribution in [0.4, 0.5) is 5.82 Å². The van der Waals surface area contributed by atoms with Gasteiger partial charge >= 0.3 is 0 Å². The maximum Gasteiger partial charge on any atom is 0.256 e. The van der Waals surface area contributed by atoms with Crippen molar-refractivity contribution in [2.75, 3.05) is 31.5 Å². The van der Waals surface area contributed by atoms with E-state index in [-0.39, 0.29) is 11.9 Å². The van der Waals surface area contributed by atoms with E-state index in [1.807, 2.05) is 42.5 Å². The molecule has 6 nitrogen and oxygen atoms in total. The number of hydrogen-bond acceptors (Lipinski definition) is 5. The molecule has 1 unspecified atom stereocenters. The van der Waals surface area contributed by atoms with E-state index in [4.69, 9.17) is 4.98 Å². The van der Waals surface area contributed by atoms with Crippen LogP contribution in [0.25, 0.3) is 10.8 Å². The topological polar surface area (TPSA) is 70.2 Å². The van der Waals surface area contributed by atoms with Gasteiger partial charge in [0, 0.05) is 49.5 Å². The molecule has 0 saturated carbocycles. The van der Waals surface area contributed by atoms with Gasteiger partial charge in [0.2, 0.25) is 0 Å². The van der Waals surface area contributed by atoms with Crippen molar-refractivity contribution in [2.24, 2.45) is 0 Å². The number of aryl methyl sites for hydroxylation is 1. The second kappa shape index (κ2) is 9.48. The first kappa shape index (κ1) is 21.2. The summed E-state index contributed by atoms with van der Waals surface area (Å²) in [4.78, 5) is 24.6. The zero-order valence-electron chi connectivity index (χ0n) is 18.7. The molecule has 0 bridgehead atoms. The van der Waals surface area contributed by atoms with Gasteiger partial charge in [-0.25, -0.2) is 4.98 Å². The van der Waals surface area contributed by atoms with Crippen LogP contribution < -0.4 is 10.6 Å². The fourth-order valence-electron chi connectivity index (χ4n) is 4.42. The first-order valence-electron chi connectivity index (χ1n) is 11.3. The summed E-state index contributed by atoms with van der Waals surface area (Å²) >= 11 is 0. The number of hydrogen-bond donors (Lipinski definition) is 2. The molecule has 2 aromatic heterocycles. The van der Waals surface area contributed by atoms with Crippen LogP contribution in [-0.4, -0.2) is 47.0 Å². The minimum atomic E-state index is -0.172. The number of fused-ring (bicyclic) bond motifs is 1. The molecular weight excluding hydrogens is 410 g/mol. The highest BCUT2D eigenvalue weighted by atomic mass is 16.1. The second-order valence-electron chi connectivity index (χ2n) is 8.39. The highest BCUT2D eigenvalue weighted by Gasteiger charge is 2.26. The van der Waals surface area contributed by atoms with Gasteiger partial charge < -0.3 is 10.6 Å². The third kappa shape index (κ3) is 4.62. The number of amides is 1. The lowest BCUT2D eigenvalue weighted by atomic mass is 9.97. The number of carbonyl (C=O) groups excluding carboxylic acids is 1. The van der Waals surface area contributed by atoms with Crippen molar-refractivity contribution in [3.63, 3.8) is 0 Å². The molecular formula is C27H27N5O. The molecule has 2 aromatic carbocycles. The van der Waals surface area contributed by atoms with Gasteiger partial charge in [0.15, 0.2) is 0 Å². The Morgan fingerprint density at radius 1 is 1.00 bits per heavy atom. The summed E-state index contributed by atoms with van der Waals surface area (Å²) in [5.41, 5.74) is 3.89. The quantitative estimate of drug-likeness (QED) is 0.490. The van der Waals surface area contributed by atoms with Crippen LogP contribution in [0.5, 0.6) is 0 Å². The molecule has 4 aromatic rings. The van der Waals surface area contributed by atoms with Crippen LogP contribution in [0.3, 0.4) is 0 Å². The average molecular weight is 438 g/mol. The lowest BCUT2D eigenvalue weighted by Crippen LogP contribution is -2.45. The van der Waals surface area contributed by atoms with Gasteiger partial charge in [0.1, 0.15) is 5.82 Å². The number of carbonyl (C=O) groups is 1. The Hall–Kier alpha value is -3.61. The summed E-state index contributed by atoms with van der Waals surface area (Å²) < 4.78 is 0. The third-order valence-corrected chi connectivity index (χ3v) is 6.17. The smallest absolute Gasteiger partial charge is 0.256 e. The third-order valence-electron chi connectivity index (χ3n) is 6.17. The number of benzene rings is 2. The lowest BCUT2D eigenvalue weighted by molar-refractivity contribution is 0.102. The van der Waals surface area contributed by atoms with Gasteiger partial charge in [-0.2, -0.15) is 0 Å². The molecule has 1 fully saturated rings. The molecule has 6 heteroatoms. The van der Waals surface area contributed by atoms with E-state index in [0.717, 1.165) is 48.2 Å². The molecule has 166 valence electrons. The van der Waals surface area contributed by atoms with E-state index >= 15 is 0 Å². The summed E-state index contributed by atoms with van der Waals surface area (Å²) in [5, 5.41) is 8.43. The van der Waals surface area contributed by atoms with Gasteiger partial charge in [-0.1, -0.05) is 42.5 Å². The molecule has 1 aliphatic rings. The van der Waals surface area contributed by atoms with Crippen molar-refractivity contribution in [1.29, 1.82) is 0 Å². The first-order valence-corrected chi connectivity index (χ1v) is 11.3. The highest BCUT2D eigenvalue weighted by molar-refractivity contribution is 6.06. The van der Waals surface area contributed by atoms with Crippen molar-refractivity contribution < 1.29 is 4.79 Å². The number of nitrogens with zero attached hydrogens (tertiary/aromatic N) is 3. The summed E-state index contributed by atoms with van der Waals surface area (Å²) in [5.74, 6) is 0.390. The molecule has 1 aliphatic heterocycles. The van der Waals surface area contributed by atoms with E-state index in [2.05, 4.69) is 51.7 Å². The van der Waals surface area contributed by atoms with Crippen LogP contribution in [-0.2, 0) is 0 Å².